The Bertz CT molecular complexity index is 305. The second-order valence-electron chi connectivity index (χ2n) is 4.39. The van der Waals surface area contributed by atoms with E-state index in [9.17, 15) is 4.79 Å². The average Bonchev–Trinajstić information content (AvgIpc) is 2.13. The third kappa shape index (κ3) is 5.08. The summed E-state index contributed by atoms with van der Waals surface area (Å²) in [5.74, 6) is 1.37. The van der Waals surface area contributed by atoms with Crippen LogP contribution >= 0.6 is 0 Å². The minimum atomic E-state index is -0.941. The van der Waals surface area contributed by atoms with Crippen molar-refractivity contribution in [3.05, 3.63) is 0 Å². The molecule has 0 amide bonds. The maximum absolute atomic E-state index is 11.5. The summed E-state index contributed by atoms with van der Waals surface area (Å²) in [5, 5.41) is 8.81. The second kappa shape index (κ2) is 5.41. The lowest BCUT2D eigenvalue weighted by atomic mass is 9.98. The van der Waals surface area contributed by atoms with Crippen LogP contribution in [0, 0.1) is 35.5 Å². The van der Waals surface area contributed by atoms with Crippen molar-refractivity contribution in [3.8, 4) is 18.4 Å². The molecule has 0 aliphatic rings. The van der Waals surface area contributed by atoms with E-state index in [4.69, 9.17) is 16.4 Å². The SMILES string of the molecule is C#CC(C)(C)OC(=O)C(C#N)CC(C)C. The van der Waals surface area contributed by atoms with Crippen molar-refractivity contribution < 1.29 is 9.53 Å². The van der Waals surface area contributed by atoms with E-state index >= 15 is 0 Å². The molecule has 82 valence electrons. The molecule has 0 aromatic carbocycles. The zero-order valence-electron chi connectivity index (χ0n) is 9.70. The van der Waals surface area contributed by atoms with Gasteiger partial charge in [-0.15, -0.1) is 6.42 Å². The fraction of sp³-hybridized carbons (Fsp3) is 0.667. The number of carbonyl (C=O) groups is 1. The number of esters is 1. The molecular weight excluding hydrogens is 190 g/mol. The van der Waals surface area contributed by atoms with Gasteiger partial charge >= 0.3 is 5.97 Å². The molecule has 1 atom stereocenters. The normalized spacial score (nSPS) is 12.7. The maximum Gasteiger partial charge on any atom is 0.324 e. The average molecular weight is 207 g/mol. The molecule has 0 aromatic heterocycles. The van der Waals surface area contributed by atoms with Crippen LogP contribution in [0.3, 0.4) is 0 Å². The van der Waals surface area contributed by atoms with Crippen LogP contribution in [0.15, 0.2) is 0 Å². The van der Waals surface area contributed by atoms with Crippen LogP contribution in [0.4, 0.5) is 0 Å². The molecular formula is C12H17NO2. The summed E-state index contributed by atoms with van der Waals surface area (Å²) in [6.45, 7) is 7.14. The van der Waals surface area contributed by atoms with E-state index in [2.05, 4.69) is 5.92 Å². The fourth-order valence-corrected chi connectivity index (χ4v) is 1.03. The minimum absolute atomic E-state index is 0.274. The van der Waals surface area contributed by atoms with Gasteiger partial charge in [0.05, 0.1) is 6.07 Å². The van der Waals surface area contributed by atoms with Crippen LogP contribution in [-0.2, 0) is 9.53 Å². The molecule has 0 heterocycles. The molecule has 0 N–H and O–H groups in total. The Labute approximate surface area is 91.4 Å². The van der Waals surface area contributed by atoms with E-state index in [1.165, 1.54) is 0 Å². The van der Waals surface area contributed by atoms with Gasteiger partial charge in [-0.1, -0.05) is 19.8 Å². The van der Waals surface area contributed by atoms with Gasteiger partial charge in [0, 0.05) is 0 Å². The molecule has 1 unspecified atom stereocenters. The van der Waals surface area contributed by atoms with Gasteiger partial charge in [0.1, 0.15) is 5.92 Å². The molecule has 0 aliphatic carbocycles. The molecule has 0 radical (unpaired) electrons. The predicted molar refractivity (Wildman–Crippen MR) is 57.6 cm³/mol. The van der Waals surface area contributed by atoms with Crippen molar-refractivity contribution >= 4 is 5.97 Å². The zero-order valence-corrected chi connectivity index (χ0v) is 9.70. The summed E-state index contributed by atoms with van der Waals surface area (Å²) in [6.07, 6.45) is 5.68. The number of terminal acetylenes is 1. The number of hydrogen-bond acceptors (Lipinski definition) is 3. The second-order valence-corrected chi connectivity index (χ2v) is 4.39. The number of nitriles is 1. The lowest BCUT2D eigenvalue weighted by Crippen LogP contribution is -2.30. The van der Waals surface area contributed by atoms with Gasteiger partial charge in [-0.05, 0) is 26.2 Å². The highest BCUT2D eigenvalue weighted by atomic mass is 16.6. The number of ether oxygens (including phenoxy) is 1. The molecule has 0 aromatic rings. The molecule has 3 heteroatoms. The topological polar surface area (TPSA) is 50.1 Å². The van der Waals surface area contributed by atoms with Crippen molar-refractivity contribution in [2.75, 3.05) is 0 Å². The van der Waals surface area contributed by atoms with Crippen LogP contribution in [0.5, 0.6) is 0 Å². The first kappa shape index (κ1) is 13.5. The van der Waals surface area contributed by atoms with Crippen molar-refractivity contribution in [2.24, 2.45) is 11.8 Å². The molecule has 0 saturated heterocycles. The highest BCUT2D eigenvalue weighted by Gasteiger charge is 2.27. The zero-order chi connectivity index (χ0) is 12.1. The fourth-order valence-electron chi connectivity index (χ4n) is 1.03. The monoisotopic (exact) mass is 207 g/mol. The van der Waals surface area contributed by atoms with Crippen molar-refractivity contribution in [1.29, 1.82) is 5.26 Å². The molecule has 0 fully saturated rings. The van der Waals surface area contributed by atoms with Crippen molar-refractivity contribution in [1.82, 2.24) is 0 Å². The third-order valence-corrected chi connectivity index (χ3v) is 1.85. The lowest BCUT2D eigenvalue weighted by Gasteiger charge is -2.20. The van der Waals surface area contributed by atoms with Gasteiger partial charge in [0.25, 0.3) is 0 Å². The van der Waals surface area contributed by atoms with Crippen LogP contribution in [0.2, 0.25) is 0 Å². The Balaban J connectivity index is 4.45. The van der Waals surface area contributed by atoms with Gasteiger partial charge in [-0.3, -0.25) is 4.79 Å². The Morgan fingerprint density at radius 1 is 1.53 bits per heavy atom. The van der Waals surface area contributed by atoms with Gasteiger partial charge in [0.2, 0.25) is 0 Å². The van der Waals surface area contributed by atoms with Crippen LogP contribution < -0.4 is 0 Å². The van der Waals surface area contributed by atoms with E-state index in [1.54, 1.807) is 13.8 Å². The summed E-state index contributed by atoms with van der Waals surface area (Å²) in [6, 6.07) is 1.94. The molecule has 0 aliphatic heterocycles. The first-order chi connectivity index (χ1) is 6.82. The summed E-state index contributed by atoms with van der Waals surface area (Å²) < 4.78 is 5.04. The number of carbonyl (C=O) groups excluding carboxylic acids is 1. The van der Waals surface area contributed by atoms with E-state index in [0.29, 0.717) is 6.42 Å². The van der Waals surface area contributed by atoms with Crippen molar-refractivity contribution in [2.45, 2.75) is 39.7 Å². The van der Waals surface area contributed by atoms with Crippen molar-refractivity contribution in [3.63, 3.8) is 0 Å². The van der Waals surface area contributed by atoms with Crippen LogP contribution in [0.1, 0.15) is 34.1 Å². The van der Waals surface area contributed by atoms with Crippen LogP contribution in [0.25, 0.3) is 0 Å². The smallest absolute Gasteiger partial charge is 0.324 e. The standard InChI is InChI=1S/C12H17NO2/c1-6-12(4,5)15-11(14)10(8-13)7-9(2)3/h1,9-10H,7H2,2-5H3. The molecule has 0 spiro atoms. The van der Waals surface area contributed by atoms with Crippen LogP contribution in [-0.4, -0.2) is 11.6 Å². The first-order valence-corrected chi connectivity index (χ1v) is 4.92. The van der Waals surface area contributed by atoms with Gasteiger partial charge in [-0.2, -0.15) is 5.26 Å². The Kier molecular flexibility index (Phi) is 4.88. The Morgan fingerprint density at radius 2 is 2.07 bits per heavy atom. The first-order valence-electron chi connectivity index (χ1n) is 4.92. The lowest BCUT2D eigenvalue weighted by molar-refractivity contribution is -0.155. The molecule has 15 heavy (non-hydrogen) atoms. The summed E-state index contributed by atoms with van der Waals surface area (Å²) >= 11 is 0. The number of hydrogen-bond donors (Lipinski definition) is 0. The Hall–Kier alpha value is -1.48. The van der Waals surface area contributed by atoms with Gasteiger partial charge in [0.15, 0.2) is 5.60 Å². The minimum Gasteiger partial charge on any atom is -0.445 e. The largest absolute Gasteiger partial charge is 0.445 e. The summed E-state index contributed by atoms with van der Waals surface area (Å²) in [7, 11) is 0. The maximum atomic E-state index is 11.5. The quantitative estimate of drug-likeness (QED) is 0.524. The third-order valence-electron chi connectivity index (χ3n) is 1.85. The van der Waals surface area contributed by atoms with Gasteiger partial charge in [-0.25, -0.2) is 0 Å². The van der Waals surface area contributed by atoms with E-state index < -0.39 is 17.5 Å². The summed E-state index contributed by atoms with van der Waals surface area (Å²) in [4.78, 5) is 11.5. The summed E-state index contributed by atoms with van der Waals surface area (Å²) in [5.41, 5.74) is -0.941. The molecule has 3 nitrogen and oxygen atoms in total. The molecule has 0 rings (SSSR count). The predicted octanol–water partition coefficient (Wildman–Crippen LogP) is 2.13. The van der Waals surface area contributed by atoms with E-state index in [-0.39, 0.29) is 5.92 Å². The number of rotatable bonds is 4. The van der Waals surface area contributed by atoms with Gasteiger partial charge < -0.3 is 4.74 Å². The van der Waals surface area contributed by atoms with E-state index in [1.807, 2.05) is 19.9 Å². The number of nitrogens with zero attached hydrogens (tertiary/aromatic N) is 1. The highest BCUT2D eigenvalue weighted by molar-refractivity contribution is 5.75. The highest BCUT2D eigenvalue weighted by Crippen LogP contribution is 2.16. The molecule has 0 bridgehead atoms. The van der Waals surface area contributed by atoms with E-state index in [0.717, 1.165) is 0 Å². The molecule has 0 saturated carbocycles. The Morgan fingerprint density at radius 3 is 2.40 bits per heavy atom.